The van der Waals surface area contributed by atoms with E-state index < -0.39 is 35.8 Å². The SMILES string of the molecule is CN1C(=O)[C@H](CCCCN)NC(=O)[C@H](Cc2ccc3ccccc3c2C=O)NCc2cccnc2Sc2c(Cl)cc(Cl)cc2CNC(=O)[C@@H]1Cc1c[nH]c2ccccc12. The van der Waals surface area contributed by atoms with E-state index in [0.29, 0.717) is 62.5 Å². The Morgan fingerprint density at radius 2 is 1.66 bits per heavy atom. The van der Waals surface area contributed by atoms with Gasteiger partial charge in [0.25, 0.3) is 0 Å². The van der Waals surface area contributed by atoms with E-state index in [-0.39, 0.29) is 25.9 Å². The lowest BCUT2D eigenvalue weighted by molar-refractivity contribution is -0.142. The molecule has 304 valence electrons. The van der Waals surface area contributed by atoms with Crippen LogP contribution >= 0.6 is 35.0 Å². The van der Waals surface area contributed by atoms with Gasteiger partial charge < -0.3 is 31.6 Å². The van der Waals surface area contributed by atoms with Crippen molar-refractivity contribution in [2.24, 2.45) is 5.73 Å². The molecule has 0 bridgehead atoms. The van der Waals surface area contributed by atoms with Crippen LogP contribution in [0.2, 0.25) is 10.0 Å². The number of nitrogens with zero attached hydrogens (tertiary/aromatic N) is 2. The number of carbonyl (C=O) groups excluding carboxylic acids is 4. The lowest BCUT2D eigenvalue weighted by Gasteiger charge is -2.32. The number of rotatable bonds is 9. The minimum absolute atomic E-state index is 0.0673. The molecule has 2 aromatic heterocycles. The lowest BCUT2D eigenvalue weighted by Crippen LogP contribution is -2.57. The van der Waals surface area contributed by atoms with Gasteiger partial charge in [0.2, 0.25) is 17.7 Å². The molecule has 0 fully saturated rings. The molecule has 6 aromatic rings. The number of nitrogens with two attached hydrogens (primary N) is 1. The average Bonchev–Trinajstić information content (AvgIpc) is 3.66. The van der Waals surface area contributed by atoms with Crippen molar-refractivity contribution in [1.29, 1.82) is 0 Å². The summed E-state index contributed by atoms with van der Waals surface area (Å²) in [7, 11) is 1.60. The summed E-state index contributed by atoms with van der Waals surface area (Å²) in [5.41, 5.74) is 10.2. The van der Waals surface area contributed by atoms with Crippen molar-refractivity contribution >= 4 is 80.6 Å². The third kappa shape index (κ3) is 9.64. The Hall–Kier alpha value is -5.24. The standard InChI is InChI=1S/C45H45Cl2N7O4S/c1-54-40(21-30-24-50-37-13-5-4-12-34(30)37)43(57)52-25-31-19-32(46)22-36(47)41(31)59-44-29(10-8-18-49-44)23-51-39(42(56)53-38(45(54)58)14-6-7-17-48)20-28-16-15-27-9-2-3-11-33(27)35(28)26-55/h2-5,8-13,15-16,18-19,22,24,26,38-40,50-51H,6-7,14,17,20-21,23,25,48H2,1H3,(H,52,57)(H,53,56)/t38-,39-,40-/m0/s1. The molecule has 59 heavy (non-hydrogen) atoms. The number of amides is 3. The van der Waals surface area contributed by atoms with Gasteiger partial charge in [0.05, 0.1) is 11.1 Å². The normalized spacial score (nSPS) is 18.2. The molecule has 0 spiro atoms. The number of benzene rings is 4. The van der Waals surface area contributed by atoms with E-state index in [2.05, 4.69) is 25.9 Å². The van der Waals surface area contributed by atoms with E-state index in [1.54, 1.807) is 25.4 Å². The number of aromatic amines is 1. The molecule has 3 amide bonds. The number of H-pyrrole nitrogens is 1. The van der Waals surface area contributed by atoms with Crippen molar-refractivity contribution < 1.29 is 19.2 Å². The van der Waals surface area contributed by atoms with E-state index in [9.17, 15) is 19.2 Å². The number of para-hydroxylation sites is 1. The van der Waals surface area contributed by atoms with Gasteiger partial charge in [0.1, 0.15) is 17.1 Å². The molecular weight excluding hydrogens is 806 g/mol. The molecule has 3 atom stereocenters. The minimum Gasteiger partial charge on any atom is -0.361 e. The summed E-state index contributed by atoms with van der Waals surface area (Å²) in [4.78, 5) is 66.5. The number of aldehydes is 1. The molecule has 11 nitrogen and oxygen atoms in total. The molecule has 1 aliphatic heterocycles. The molecule has 4 aromatic carbocycles. The van der Waals surface area contributed by atoms with Crippen molar-refractivity contribution in [3.8, 4) is 0 Å². The number of halogens is 2. The van der Waals surface area contributed by atoms with E-state index in [4.69, 9.17) is 28.9 Å². The Balaban J connectivity index is 1.31. The van der Waals surface area contributed by atoms with Crippen LogP contribution in [0.1, 0.15) is 51.9 Å². The summed E-state index contributed by atoms with van der Waals surface area (Å²) in [5.74, 6) is -1.25. The highest BCUT2D eigenvalue weighted by molar-refractivity contribution is 7.99. The Kier molecular flexibility index (Phi) is 13.6. The molecule has 0 radical (unpaired) electrons. The molecule has 14 heteroatoms. The van der Waals surface area contributed by atoms with Gasteiger partial charge in [0, 0.05) is 65.3 Å². The van der Waals surface area contributed by atoms with Crippen molar-refractivity contribution in [1.82, 2.24) is 30.8 Å². The van der Waals surface area contributed by atoms with Gasteiger partial charge in [-0.25, -0.2) is 4.98 Å². The molecule has 0 saturated heterocycles. The van der Waals surface area contributed by atoms with Crippen LogP contribution in [0.25, 0.3) is 21.7 Å². The van der Waals surface area contributed by atoms with Gasteiger partial charge in [-0.3, -0.25) is 19.2 Å². The molecule has 3 heterocycles. The van der Waals surface area contributed by atoms with E-state index in [0.717, 1.165) is 39.1 Å². The number of carbonyl (C=O) groups is 4. The number of fused-ring (bicyclic) bond motifs is 4. The van der Waals surface area contributed by atoms with Crippen LogP contribution in [0.15, 0.2) is 107 Å². The first-order valence-corrected chi connectivity index (χ1v) is 21.1. The van der Waals surface area contributed by atoms with Crippen LogP contribution in [-0.4, -0.2) is 70.6 Å². The molecular formula is C45H45Cl2N7O4S. The number of unbranched alkanes of at least 4 members (excludes halogenated alkanes) is 1. The van der Waals surface area contributed by atoms with E-state index in [1.165, 1.54) is 16.7 Å². The lowest BCUT2D eigenvalue weighted by atomic mass is 9.94. The van der Waals surface area contributed by atoms with Crippen LogP contribution in [0.4, 0.5) is 0 Å². The molecule has 6 N–H and O–H groups in total. The molecule has 1 aliphatic rings. The third-order valence-electron chi connectivity index (χ3n) is 10.8. The predicted molar refractivity (Wildman–Crippen MR) is 234 cm³/mol. The second kappa shape index (κ2) is 19.2. The number of pyridine rings is 1. The summed E-state index contributed by atoms with van der Waals surface area (Å²) >= 11 is 14.7. The van der Waals surface area contributed by atoms with Gasteiger partial charge in [-0.15, -0.1) is 0 Å². The van der Waals surface area contributed by atoms with Crippen LogP contribution in [0, 0.1) is 0 Å². The average molecular weight is 851 g/mol. The fraction of sp³-hybridized carbons (Fsp3) is 0.267. The van der Waals surface area contributed by atoms with Crippen LogP contribution in [-0.2, 0) is 40.3 Å². The van der Waals surface area contributed by atoms with Gasteiger partial charge in [0.15, 0.2) is 6.29 Å². The summed E-state index contributed by atoms with van der Waals surface area (Å²) < 4.78 is 0. The third-order valence-corrected chi connectivity index (χ3v) is 12.7. The smallest absolute Gasteiger partial charge is 0.245 e. The van der Waals surface area contributed by atoms with Crippen molar-refractivity contribution in [3.05, 3.63) is 135 Å². The maximum atomic E-state index is 14.7. The Labute approximate surface area is 356 Å². The van der Waals surface area contributed by atoms with Crippen LogP contribution < -0.4 is 21.7 Å². The van der Waals surface area contributed by atoms with Gasteiger partial charge in [-0.1, -0.05) is 95.6 Å². The molecule has 0 unspecified atom stereocenters. The van der Waals surface area contributed by atoms with Crippen molar-refractivity contribution in [2.45, 2.75) is 73.2 Å². The zero-order chi connectivity index (χ0) is 41.5. The molecule has 0 aliphatic carbocycles. The summed E-state index contributed by atoms with van der Waals surface area (Å²) in [5, 5.41) is 13.6. The fourth-order valence-electron chi connectivity index (χ4n) is 7.61. The molecule has 0 saturated carbocycles. The number of likely N-dealkylation sites (N-methyl/N-ethyl adjacent to an activating group) is 1. The molecule has 7 rings (SSSR count). The topological polar surface area (TPSA) is 162 Å². The summed E-state index contributed by atoms with van der Waals surface area (Å²) in [6, 6.07) is 23.5. The highest BCUT2D eigenvalue weighted by Crippen LogP contribution is 2.39. The van der Waals surface area contributed by atoms with E-state index in [1.807, 2.05) is 79.0 Å². The largest absolute Gasteiger partial charge is 0.361 e. The minimum atomic E-state index is -0.984. The predicted octanol–water partition coefficient (Wildman–Crippen LogP) is 7.00. The summed E-state index contributed by atoms with van der Waals surface area (Å²) in [6.07, 6.45) is 6.18. The zero-order valence-electron chi connectivity index (χ0n) is 32.5. The van der Waals surface area contributed by atoms with Gasteiger partial charge in [-0.2, -0.15) is 0 Å². The number of hydrogen-bond donors (Lipinski definition) is 5. The first-order chi connectivity index (χ1) is 28.6. The number of aromatic nitrogens is 2. The second-order valence-corrected chi connectivity index (χ2v) is 16.5. The Bertz CT molecular complexity index is 2510. The maximum Gasteiger partial charge on any atom is 0.245 e. The fourth-order valence-corrected chi connectivity index (χ4v) is 9.26. The maximum absolute atomic E-state index is 14.7. The number of hydrogen-bond acceptors (Lipinski definition) is 8. The quantitative estimate of drug-likeness (QED) is 0.0768. The van der Waals surface area contributed by atoms with Crippen molar-refractivity contribution in [2.75, 3.05) is 13.6 Å². The van der Waals surface area contributed by atoms with Crippen molar-refractivity contribution in [3.63, 3.8) is 0 Å². The number of nitrogens with one attached hydrogen (secondary N) is 4. The first-order valence-electron chi connectivity index (χ1n) is 19.5. The zero-order valence-corrected chi connectivity index (χ0v) is 34.8. The first kappa shape index (κ1) is 41.9. The van der Waals surface area contributed by atoms with Crippen LogP contribution in [0.3, 0.4) is 0 Å². The Morgan fingerprint density at radius 3 is 2.47 bits per heavy atom. The highest BCUT2D eigenvalue weighted by Gasteiger charge is 2.34. The van der Waals surface area contributed by atoms with Crippen LogP contribution in [0.5, 0.6) is 0 Å². The van der Waals surface area contributed by atoms with Gasteiger partial charge in [-0.05, 0) is 89.5 Å². The summed E-state index contributed by atoms with van der Waals surface area (Å²) in [6.45, 7) is 0.698. The van der Waals surface area contributed by atoms with E-state index >= 15 is 0 Å². The van der Waals surface area contributed by atoms with Gasteiger partial charge >= 0.3 is 0 Å². The Morgan fingerprint density at radius 1 is 0.864 bits per heavy atom. The monoisotopic (exact) mass is 849 g/mol. The highest BCUT2D eigenvalue weighted by atomic mass is 35.5. The second-order valence-electron chi connectivity index (χ2n) is 14.7.